The molecule has 0 aliphatic heterocycles. The Morgan fingerprint density at radius 2 is 2.11 bits per heavy atom. The summed E-state index contributed by atoms with van der Waals surface area (Å²) in [4.78, 5) is 15.3. The van der Waals surface area contributed by atoms with Crippen LogP contribution in [0.15, 0.2) is 35.5 Å². The van der Waals surface area contributed by atoms with Crippen LogP contribution in [0.4, 0.5) is 13.2 Å². The molecular formula is C19H18F3NO5. The lowest BCUT2D eigenvalue weighted by Crippen LogP contribution is -2.32. The molecule has 6 nitrogen and oxygen atoms in total. The zero-order valence-corrected chi connectivity index (χ0v) is 14.5. The third kappa shape index (κ3) is 4.30. The number of carboxylic acids is 1. The summed E-state index contributed by atoms with van der Waals surface area (Å²) < 4.78 is 38.3. The maximum absolute atomic E-state index is 12.8. The van der Waals surface area contributed by atoms with Crippen LogP contribution < -0.4 is 5.48 Å². The van der Waals surface area contributed by atoms with Gasteiger partial charge >= 0.3 is 12.1 Å². The highest BCUT2D eigenvalue weighted by molar-refractivity contribution is 5.67. The van der Waals surface area contributed by atoms with Crippen molar-refractivity contribution in [3.8, 4) is 11.8 Å². The van der Waals surface area contributed by atoms with Gasteiger partial charge in [-0.1, -0.05) is 24.0 Å². The molecule has 0 heterocycles. The second kappa shape index (κ2) is 7.83. The van der Waals surface area contributed by atoms with Gasteiger partial charge in [0, 0.05) is 11.6 Å². The Balaban J connectivity index is 1.65. The highest BCUT2D eigenvalue weighted by Gasteiger charge is 2.45. The van der Waals surface area contributed by atoms with Crippen LogP contribution in [-0.2, 0) is 15.8 Å². The summed E-state index contributed by atoms with van der Waals surface area (Å²) in [6.45, 7) is -0.504. The molecule has 0 aromatic heterocycles. The normalized spacial score (nSPS) is 24.7. The lowest BCUT2D eigenvalue weighted by atomic mass is 9.83. The lowest BCUT2D eigenvalue weighted by molar-refractivity contribution is -0.144. The topological polar surface area (TPSA) is 99.0 Å². The van der Waals surface area contributed by atoms with Crippen LogP contribution in [0.1, 0.15) is 30.1 Å². The van der Waals surface area contributed by atoms with E-state index in [1.165, 1.54) is 12.1 Å². The average Bonchev–Trinajstić information content (AvgIpc) is 2.86. The van der Waals surface area contributed by atoms with Crippen molar-refractivity contribution in [2.75, 3.05) is 6.61 Å². The van der Waals surface area contributed by atoms with Gasteiger partial charge in [-0.2, -0.15) is 13.2 Å². The molecule has 9 heteroatoms. The summed E-state index contributed by atoms with van der Waals surface area (Å²) in [5.74, 6) is 3.56. The quantitative estimate of drug-likeness (QED) is 0.448. The van der Waals surface area contributed by atoms with Gasteiger partial charge in [-0.05, 0) is 36.1 Å². The minimum absolute atomic E-state index is 0.0291. The number of aliphatic hydroxyl groups excluding tert-OH is 2. The third-order valence-electron chi connectivity index (χ3n) is 4.85. The van der Waals surface area contributed by atoms with Crippen LogP contribution in [0, 0.1) is 23.7 Å². The van der Waals surface area contributed by atoms with Crippen molar-refractivity contribution in [3.05, 3.63) is 46.7 Å². The molecule has 0 amide bonds. The van der Waals surface area contributed by atoms with Gasteiger partial charge in [0.15, 0.2) is 6.61 Å². The predicted octanol–water partition coefficient (Wildman–Crippen LogP) is 2.00. The fourth-order valence-electron chi connectivity index (χ4n) is 3.39. The molecule has 0 saturated heterocycles. The molecule has 1 fully saturated rings. The molecule has 3 rings (SSSR count). The van der Waals surface area contributed by atoms with Crippen molar-refractivity contribution in [2.24, 2.45) is 11.8 Å². The van der Waals surface area contributed by atoms with Gasteiger partial charge < -0.3 is 15.3 Å². The van der Waals surface area contributed by atoms with Crippen molar-refractivity contribution >= 4 is 5.97 Å². The van der Waals surface area contributed by atoms with Crippen molar-refractivity contribution in [2.45, 2.75) is 31.2 Å². The molecule has 1 saturated carbocycles. The maximum atomic E-state index is 12.8. The molecule has 2 aliphatic carbocycles. The largest absolute Gasteiger partial charge is 0.479 e. The van der Waals surface area contributed by atoms with Crippen LogP contribution in [0.3, 0.4) is 0 Å². The van der Waals surface area contributed by atoms with E-state index < -0.39 is 42.4 Å². The van der Waals surface area contributed by atoms with E-state index in [0.29, 0.717) is 18.5 Å². The van der Waals surface area contributed by atoms with Gasteiger partial charge in [0.2, 0.25) is 0 Å². The number of hydrogen-bond acceptors (Lipinski definition) is 5. The van der Waals surface area contributed by atoms with Crippen molar-refractivity contribution in [1.29, 1.82) is 0 Å². The zero-order chi connectivity index (χ0) is 20.5. The highest BCUT2D eigenvalue weighted by Crippen LogP contribution is 2.48. The molecule has 4 unspecified atom stereocenters. The Kier molecular flexibility index (Phi) is 5.65. The van der Waals surface area contributed by atoms with Crippen molar-refractivity contribution in [3.63, 3.8) is 0 Å². The second-order valence-corrected chi connectivity index (χ2v) is 6.71. The van der Waals surface area contributed by atoms with E-state index in [0.717, 1.165) is 17.7 Å². The number of alkyl halides is 3. The SMILES string of the molecule is O=C(O)CONC1=C2CC(C#CC(O)c3cccc(C(F)(F)F)c3)C(O)C2C1. The van der Waals surface area contributed by atoms with E-state index in [1.54, 1.807) is 0 Å². The van der Waals surface area contributed by atoms with E-state index >= 15 is 0 Å². The Labute approximate surface area is 158 Å². The van der Waals surface area contributed by atoms with Crippen LogP contribution in [0.25, 0.3) is 0 Å². The van der Waals surface area contributed by atoms with E-state index in [1.807, 2.05) is 0 Å². The molecule has 1 aromatic carbocycles. The summed E-state index contributed by atoms with van der Waals surface area (Å²) in [6, 6.07) is 4.31. The number of allylic oxidation sites excluding steroid dienone is 1. The van der Waals surface area contributed by atoms with Gasteiger partial charge in [0.25, 0.3) is 0 Å². The fraction of sp³-hybridized carbons (Fsp3) is 0.421. The van der Waals surface area contributed by atoms with Gasteiger partial charge in [0.05, 0.1) is 17.6 Å². The molecule has 0 bridgehead atoms. The van der Waals surface area contributed by atoms with E-state index in [4.69, 9.17) is 9.94 Å². The Morgan fingerprint density at radius 1 is 1.36 bits per heavy atom. The number of carboxylic acid groups (broad SMARTS) is 1. The molecule has 0 spiro atoms. The van der Waals surface area contributed by atoms with Gasteiger partial charge in [-0.3, -0.25) is 10.3 Å². The molecule has 2 aliphatic rings. The fourth-order valence-corrected chi connectivity index (χ4v) is 3.39. The molecule has 1 aromatic rings. The Bertz CT molecular complexity index is 855. The summed E-state index contributed by atoms with van der Waals surface area (Å²) in [5.41, 5.74) is 3.30. The number of fused-ring (bicyclic) bond motifs is 1. The second-order valence-electron chi connectivity index (χ2n) is 6.71. The molecular weight excluding hydrogens is 379 g/mol. The van der Waals surface area contributed by atoms with Crippen LogP contribution in [0.5, 0.6) is 0 Å². The number of halogens is 3. The van der Waals surface area contributed by atoms with Gasteiger partial charge in [-0.15, -0.1) is 0 Å². The monoisotopic (exact) mass is 397 g/mol. The summed E-state index contributed by atoms with van der Waals surface area (Å²) >= 11 is 0. The van der Waals surface area contributed by atoms with E-state index in [-0.39, 0.29) is 11.5 Å². The minimum Gasteiger partial charge on any atom is -0.479 e. The number of benzene rings is 1. The van der Waals surface area contributed by atoms with E-state index in [2.05, 4.69) is 17.3 Å². The average molecular weight is 397 g/mol. The van der Waals surface area contributed by atoms with Crippen LogP contribution >= 0.6 is 0 Å². The van der Waals surface area contributed by atoms with Crippen molar-refractivity contribution < 1.29 is 38.1 Å². The third-order valence-corrected chi connectivity index (χ3v) is 4.85. The Morgan fingerprint density at radius 3 is 2.79 bits per heavy atom. The number of carbonyl (C=O) groups is 1. The molecule has 28 heavy (non-hydrogen) atoms. The van der Waals surface area contributed by atoms with Crippen LogP contribution in [0.2, 0.25) is 0 Å². The molecule has 0 radical (unpaired) electrons. The Hall–Kier alpha value is -2.54. The zero-order valence-electron chi connectivity index (χ0n) is 14.5. The predicted molar refractivity (Wildman–Crippen MR) is 90.2 cm³/mol. The van der Waals surface area contributed by atoms with E-state index in [9.17, 15) is 28.2 Å². The molecule has 4 N–H and O–H groups in total. The first-order valence-corrected chi connectivity index (χ1v) is 8.52. The lowest BCUT2D eigenvalue weighted by Gasteiger charge is -2.30. The first-order chi connectivity index (χ1) is 13.2. The minimum atomic E-state index is -4.51. The molecule has 4 atom stereocenters. The summed E-state index contributed by atoms with van der Waals surface area (Å²) in [6.07, 6.45) is -5.78. The number of hydrogen-bond donors (Lipinski definition) is 4. The first kappa shape index (κ1) is 20.2. The van der Waals surface area contributed by atoms with Gasteiger partial charge in [-0.25, -0.2) is 4.79 Å². The number of rotatable bonds is 5. The van der Waals surface area contributed by atoms with Crippen LogP contribution in [-0.4, -0.2) is 34.0 Å². The number of aliphatic carboxylic acids is 1. The smallest absolute Gasteiger partial charge is 0.416 e. The summed E-state index contributed by atoms with van der Waals surface area (Å²) in [5, 5.41) is 29.0. The standard InChI is InChI=1S/C19H18F3NO5/c20-19(21,22)12-3-1-2-10(6-12)16(24)5-4-11-7-13-14(18(11)27)8-15(13)23-28-9-17(25)26/h1-3,6,11,14,16,18,23-24,27H,7-9H2,(H,25,26). The number of nitrogens with one attached hydrogen (secondary N) is 1. The van der Waals surface area contributed by atoms with Gasteiger partial charge in [0.1, 0.15) is 6.10 Å². The summed E-state index contributed by atoms with van der Waals surface area (Å²) in [7, 11) is 0. The first-order valence-electron chi connectivity index (χ1n) is 8.52. The number of aliphatic hydroxyl groups is 2. The number of hydroxylamine groups is 1. The van der Waals surface area contributed by atoms with Crippen molar-refractivity contribution in [1.82, 2.24) is 5.48 Å². The highest BCUT2D eigenvalue weighted by atomic mass is 19.4. The maximum Gasteiger partial charge on any atom is 0.416 e. The molecule has 150 valence electrons.